The number of aryl methyl sites for hydroxylation is 1. The third kappa shape index (κ3) is 2.97. The molecule has 1 aromatic heterocycles. The zero-order valence-corrected chi connectivity index (χ0v) is 10.5. The number of aromatic nitrogens is 2. The average molecular weight is 243 g/mol. The minimum absolute atomic E-state index is 0.518. The average Bonchev–Trinajstić information content (AvgIpc) is 2.76. The second-order valence-corrected chi connectivity index (χ2v) is 5.17. The van der Waals surface area contributed by atoms with Crippen LogP contribution in [0.4, 0.5) is 0 Å². The molecule has 0 bridgehead atoms. The molecule has 1 saturated carbocycles. The van der Waals surface area contributed by atoms with Gasteiger partial charge >= 0.3 is 0 Å². The molecule has 0 aromatic carbocycles. The molecule has 1 aliphatic rings. The Bertz CT molecular complexity index is 319. The van der Waals surface area contributed by atoms with E-state index in [1.807, 2.05) is 0 Å². The molecule has 0 amide bonds. The number of hydrogen-bond acceptors (Lipinski definition) is 3. The Morgan fingerprint density at radius 1 is 1.31 bits per heavy atom. The molecule has 1 heterocycles. The molecule has 4 heteroatoms. The van der Waals surface area contributed by atoms with Crippen molar-refractivity contribution in [1.82, 2.24) is 10.1 Å². The summed E-state index contributed by atoms with van der Waals surface area (Å²) < 4.78 is 5.23. The van der Waals surface area contributed by atoms with Crippen molar-refractivity contribution in [2.24, 2.45) is 5.92 Å². The lowest BCUT2D eigenvalue weighted by Crippen LogP contribution is -2.12. The summed E-state index contributed by atoms with van der Waals surface area (Å²) in [5, 5.41) is 4.09. The first-order chi connectivity index (χ1) is 7.79. The topological polar surface area (TPSA) is 38.9 Å². The highest BCUT2D eigenvalue weighted by Gasteiger charge is 2.23. The molecule has 16 heavy (non-hydrogen) atoms. The third-order valence-corrected chi connectivity index (χ3v) is 3.66. The summed E-state index contributed by atoms with van der Waals surface area (Å²) in [6.07, 6.45) is 6.70. The van der Waals surface area contributed by atoms with Crippen LogP contribution in [0.1, 0.15) is 56.7 Å². The van der Waals surface area contributed by atoms with Crippen LogP contribution in [0.2, 0.25) is 0 Å². The molecule has 0 saturated heterocycles. The maximum Gasteiger partial charge on any atom is 0.226 e. The normalized spacial score (nSPS) is 25.9. The van der Waals surface area contributed by atoms with Gasteiger partial charge in [-0.15, -0.1) is 11.6 Å². The summed E-state index contributed by atoms with van der Waals surface area (Å²) in [5.41, 5.74) is 0. The predicted octanol–water partition coefficient (Wildman–Crippen LogP) is 3.53. The van der Waals surface area contributed by atoms with E-state index in [4.69, 9.17) is 16.1 Å². The predicted molar refractivity (Wildman–Crippen MR) is 63.7 cm³/mol. The highest BCUT2D eigenvalue weighted by Crippen LogP contribution is 2.34. The van der Waals surface area contributed by atoms with Crippen LogP contribution in [0, 0.1) is 5.92 Å². The van der Waals surface area contributed by atoms with Crippen molar-refractivity contribution in [2.75, 3.05) is 5.88 Å². The SMILES string of the molecule is CC1CCC(c2noc(CCCCl)n2)CC1. The second kappa shape index (κ2) is 5.67. The molecular formula is C12H19ClN2O. The molecule has 2 rings (SSSR count). The fourth-order valence-corrected chi connectivity index (χ4v) is 2.41. The maximum absolute atomic E-state index is 5.63. The van der Waals surface area contributed by atoms with Crippen molar-refractivity contribution in [2.45, 2.75) is 51.4 Å². The van der Waals surface area contributed by atoms with E-state index in [0.29, 0.717) is 11.8 Å². The van der Waals surface area contributed by atoms with Crippen molar-refractivity contribution in [3.8, 4) is 0 Å². The Hall–Kier alpha value is -0.570. The summed E-state index contributed by atoms with van der Waals surface area (Å²) in [4.78, 5) is 4.46. The molecule has 0 radical (unpaired) electrons. The van der Waals surface area contributed by atoms with Crippen molar-refractivity contribution < 1.29 is 4.52 Å². The Labute approximate surface area is 102 Å². The molecule has 3 nitrogen and oxygen atoms in total. The van der Waals surface area contributed by atoms with Gasteiger partial charge in [-0.2, -0.15) is 4.98 Å². The van der Waals surface area contributed by atoms with Gasteiger partial charge in [-0.25, -0.2) is 0 Å². The summed E-state index contributed by atoms with van der Waals surface area (Å²) in [7, 11) is 0. The summed E-state index contributed by atoms with van der Waals surface area (Å²) in [6, 6.07) is 0. The highest BCUT2D eigenvalue weighted by molar-refractivity contribution is 6.17. The van der Waals surface area contributed by atoms with Crippen LogP contribution in [0.25, 0.3) is 0 Å². The van der Waals surface area contributed by atoms with E-state index >= 15 is 0 Å². The van der Waals surface area contributed by atoms with Crippen molar-refractivity contribution in [1.29, 1.82) is 0 Å². The third-order valence-electron chi connectivity index (χ3n) is 3.39. The van der Waals surface area contributed by atoms with Gasteiger partial charge in [0.2, 0.25) is 5.89 Å². The van der Waals surface area contributed by atoms with Gasteiger partial charge in [0.1, 0.15) is 0 Å². The minimum Gasteiger partial charge on any atom is -0.339 e. The van der Waals surface area contributed by atoms with Crippen LogP contribution >= 0.6 is 11.6 Å². The Morgan fingerprint density at radius 3 is 2.75 bits per heavy atom. The molecule has 0 atom stereocenters. The first-order valence-corrected chi connectivity index (χ1v) is 6.71. The van der Waals surface area contributed by atoms with E-state index in [2.05, 4.69) is 17.1 Å². The van der Waals surface area contributed by atoms with Crippen LogP contribution in [-0.4, -0.2) is 16.0 Å². The zero-order chi connectivity index (χ0) is 11.4. The molecule has 0 N–H and O–H groups in total. The van der Waals surface area contributed by atoms with Crippen LogP contribution in [-0.2, 0) is 6.42 Å². The molecule has 0 spiro atoms. The Balaban J connectivity index is 1.91. The lowest BCUT2D eigenvalue weighted by molar-refractivity contribution is 0.323. The number of nitrogens with zero attached hydrogens (tertiary/aromatic N) is 2. The molecule has 1 aliphatic carbocycles. The smallest absolute Gasteiger partial charge is 0.226 e. The Kier molecular flexibility index (Phi) is 4.22. The first-order valence-electron chi connectivity index (χ1n) is 6.18. The van der Waals surface area contributed by atoms with E-state index in [1.54, 1.807) is 0 Å². The number of rotatable bonds is 4. The molecule has 0 aliphatic heterocycles. The molecule has 1 aromatic rings. The lowest BCUT2D eigenvalue weighted by Gasteiger charge is -2.23. The summed E-state index contributed by atoms with van der Waals surface area (Å²) in [6.45, 7) is 2.32. The van der Waals surface area contributed by atoms with E-state index in [-0.39, 0.29) is 0 Å². The lowest BCUT2D eigenvalue weighted by atomic mass is 9.83. The summed E-state index contributed by atoms with van der Waals surface area (Å²) in [5.74, 6) is 3.69. The van der Waals surface area contributed by atoms with Crippen molar-refractivity contribution in [3.63, 3.8) is 0 Å². The van der Waals surface area contributed by atoms with Gasteiger partial charge < -0.3 is 4.52 Å². The standard InChI is InChI=1S/C12H19ClN2O/c1-9-4-6-10(7-5-9)12-14-11(16-15-12)3-2-8-13/h9-10H,2-8H2,1H3. The van der Waals surface area contributed by atoms with Crippen LogP contribution in [0.5, 0.6) is 0 Å². The second-order valence-electron chi connectivity index (χ2n) is 4.80. The first kappa shape index (κ1) is 11.9. The van der Waals surface area contributed by atoms with Gasteiger partial charge in [0.25, 0.3) is 0 Å². The molecular weight excluding hydrogens is 224 g/mol. The quantitative estimate of drug-likeness (QED) is 0.759. The summed E-state index contributed by atoms with van der Waals surface area (Å²) >= 11 is 5.63. The van der Waals surface area contributed by atoms with Gasteiger partial charge in [0, 0.05) is 18.2 Å². The fraction of sp³-hybridized carbons (Fsp3) is 0.833. The highest BCUT2D eigenvalue weighted by atomic mass is 35.5. The van der Waals surface area contributed by atoms with Gasteiger partial charge in [-0.3, -0.25) is 0 Å². The van der Waals surface area contributed by atoms with Crippen LogP contribution in [0.3, 0.4) is 0 Å². The molecule has 0 unspecified atom stereocenters. The minimum atomic E-state index is 0.518. The van der Waals surface area contributed by atoms with Crippen molar-refractivity contribution in [3.05, 3.63) is 11.7 Å². The van der Waals surface area contributed by atoms with E-state index in [1.165, 1.54) is 25.7 Å². The number of alkyl halides is 1. The Morgan fingerprint density at radius 2 is 2.06 bits per heavy atom. The zero-order valence-electron chi connectivity index (χ0n) is 9.79. The number of halogens is 1. The maximum atomic E-state index is 5.63. The molecule has 1 fully saturated rings. The fourth-order valence-electron chi connectivity index (χ4n) is 2.27. The van der Waals surface area contributed by atoms with Crippen molar-refractivity contribution >= 4 is 11.6 Å². The monoisotopic (exact) mass is 242 g/mol. The number of hydrogen-bond donors (Lipinski definition) is 0. The van der Waals surface area contributed by atoms with Gasteiger partial charge in [-0.1, -0.05) is 24.9 Å². The van der Waals surface area contributed by atoms with Crippen LogP contribution in [0.15, 0.2) is 4.52 Å². The van der Waals surface area contributed by atoms with E-state index in [0.717, 1.165) is 30.5 Å². The van der Waals surface area contributed by atoms with E-state index in [9.17, 15) is 0 Å². The van der Waals surface area contributed by atoms with Gasteiger partial charge in [0.15, 0.2) is 5.82 Å². The van der Waals surface area contributed by atoms with Crippen LogP contribution < -0.4 is 0 Å². The van der Waals surface area contributed by atoms with E-state index < -0.39 is 0 Å². The molecule has 90 valence electrons. The van der Waals surface area contributed by atoms with Gasteiger partial charge in [-0.05, 0) is 25.2 Å². The van der Waals surface area contributed by atoms with Gasteiger partial charge in [0.05, 0.1) is 0 Å². The largest absolute Gasteiger partial charge is 0.339 e.